The number of anilines is 1. The van der Waals surface area contributed by atoms with Gasteiger partial charge in [-0.1, -0.05) is 6.07 Å². The molecular formula is C17H18N2O2. The summed E-state index contributed by atoms with van der Waals surface area (Å²) in [5, 5.41) is 1.06. The van der Waals surface area contributed by atoms with Crippen LogP contribution in [0.5, 0.6) is 5.75 Å². The minimum Gasteiger partial charge on any atom is -0.487 e. The standard InChI is InChI=1S/C17H18N2O2/c1-12-9-13-10-15(7-8-16(13)21-12)20-11-14-5-4-6-17(18-14)19(2)3/h4-10H,11H2,1-3H3. The molecule has 0 aliphatic rings. The summed E-state index contributed by atoms with van der Waals surface area (Å²) in [5.74, 6) is 2.65. The van der Waals surface area contributed by atoms with Crippen molar-refractivity contribution in [2.24, 2.45) is 0 Å². The number of benzene rings is 1. The lowest BCUT2D eigenvalue weighted by molar-refractivity contribution is 0.302. The molecule has 0 amide bonds. The Morgan fingerprint density at radius 1 is 1.14 bits per heavy atom. The van der Waals surface area contributed by atoms with Crippen LogP contribution in [0.15, 0.2) is 46.9 Å². The Morgan fingerprint density at radius 2 is 2.00 bits per heavy atom. The fraction of sp³-hybridized carbons (Fsp3) is 0.235. The molecule has 0 atom stereocenters. The highest BCUT2D eigenvalue weighted by Crippen LogP contribution is 2.24. The van der Waals surface area contributed by atoms with Crippen molar-refractivity contribution in [1.82, 2.24) is 4.98 Å². The maximum absolute atomic E-state index is 5.82. The van der Waals surface area contributed by atoms with Crippen LogP contribution in [0.1, 0.15) is 11.5 Å². The smallest absolute Gasteiger partial charge is 0.134 e. The van der Waals surface area contributed by atoms with E-state index in [0.717, 1.165) is 34.0 Å². The van der Waals surface area contributed by atoms with Gasteiger partial charge in [0.25, 0.3) is 0 Å². The largest absolute Gasteiger partial charge is 0.487 e. The van der Waals surface area contributed by atoms with Gasteiger partial charge in [-0.15, -0.1) is 0 Å². The quantitative estimate of drug-likeness (QED) is 0.730. The molecule has 0 bridgehead atoms. The zero-order valence-electron chi connectivity index (χ0n) is 12.5. The molecule has 108 valence electrons. The van der Waals surface area contributed by atoms with Gasteiger partial charge in [-0.2, -0.15) is 0 Å². The van der Waals surface area contributed by atoms with Gasteiger partial charge in [-0.05, 0) is 43.3 Å². The summed E-state index contributed by atoms with van der Waals surface area (Å²) < 4.78 is 11.4. The zero-order valence-corrected chi connectivity index (χ0v) is 12.5. The van der Waals surface area contributed by atoms with Crippen molar-refractivity contribution < 1.29 is 9.15 Å². The van der Waals surface area contributed by atoms with Gasteiger partial charge in [-0.3, -0.25) is 0 Å². The highest BCUT2D eigenvalue weighted by Gasteiger charge is 2.04. The van der Waals surface area contributed by atoms with Gasteiger partial charge >= 0.3 is 0 Å². The number of furan rings is 1. The zero-order chi connectivity index (χ0) is 14.8. The number of hydrogen-bond donors (Lipinski definition) is 0. The van der Waals surface area contributed by atoms with Crippen LogP contribution in [0.25, 0.3) is 11.0 Å². The Bertz CT molecular complexity index is 762. The number of rotatable bonds is 4. The van der Waals surface area contributed by atoms with E-state index < -0.39 is 0 Å². The van der Waals surface area contributed by atoms with Gasteiger partial charge in [0.05, 0.1) is 5.69 Å². The van der Waals surface area contributed by atoms with Crippen molar-refractivity contribution in [3.05, 3.63) is 53.9 Å². The van der Waals surface area contributed by atoms with E-state index in [0.29, 0.717) is 6.61 Å². The van der Waals surface area contributed by atoms with Gasteiger partial charge in [0.2, 0.25) is 0 Å². The Balaban J connectivity index is 1.75. The van der Waals surface area contributed by atoms with Gasteiger partial charge in [0.15, 0.2) is 0 Å². The summed E-state index contributed by atoms with van der Waals surface area (Å²) in [4.78, 5) is 6.51. The predicted molar refractivity (Wildman–Crippen MR) is 83.8 cm³/mol. The number of ether oxygens (including phenoxy) is 1. The lowest BCUT2D eigenvalue weighted by Gasteiger charge is -2.12. The summed E-state index contributed by atoms with van der Waals surface area (Å²) >= 11 is 0. The van der Waals surface area contributed by atoms with E-state index in [1.165, 1.54) is 0 Å². The highest BCUT2D eigenvalue weighted by atomic mass is 16.5. The van der Waals surface area contributed by atoms with Gasteiger partial charge < -0.3 is 14.1 Å². The maximum atomic E-state index is 5.82. The number of pyridine rings is 1. The number of nitrogens with zero attached hydrogens (tertiary/aromatic N) is 2. The Hall–Kier alpha value is -2.49. The van der Waals surface area contributed by atoms with E-state index in [1.54, 1.807) is 0 Å². The minimum atomic E-state index is 0.448. The van der Waals surface area contributed by atoms with E-state index in [-0.39, 0.29) is 0 Å². The molecule has 21 heavy (non-hydrogen) atoms. The molecule has 0 saturated heterocycles. The molecule has 0 fully saturated rings. The molecule has 0 N–H and O–H groups in total. The van der Waals surface area contributed by atoms with Gasteiger partial charge in [0.1, 0.15) is 29.5 Å². The average molecular weight is 282 g/mol. The van der Waals surface area contributed by atoms with Crippen molar-refractivity contribution in [3.63, 3.8) is 0 Å². The topological polar surface area (TPSA) is 38.5 Å². The van der Waals surface area contributed by atoms with Crippen LogP contribution in [0.2, 0.25) is 0 Å². The maximum Gasteiger partial charge on any atom is 0.134 e. The third kappa shape index (κ3) is 2.99. The first-order chi connectivity index (χ1) is 10.1. The predicted octanol–water partition coefficient (Wildman–Crippen LogP) is 3.78. The van der Waals surface area contributed by atoms with Crippen molar-refractivity contribution in [1.29, 1.82) is 0 Å². The third-order valence-electron chi connectivity index (χ3n) is 3.25. The van der Waals surface area contributed by atoms with E-state index >= 15 is 0 Å². The Kier molecular flexibility index (Phi) is 3.52. The molecule has 4 heteroatoms. The van der Waals surface area contributed by atoms with E-state index in [4.69, 9.17) is 9.15 Å². The molecule has 0 aliphatic carbocycles. The van der Waals surface area contributed by atoms with E-state index in [2.05, 4.69) is 4.98 Å². The van der Waals surface area contributed by atoms with Gasteiger partial charge in [0, 0.05) is 19.5 Å². The second kappa shape index (κ2) is 5.48. The molecular weight excluding hydrogens is 264 g/mol. The molecule has 3 rings (SSSR count). The van der Waals surface area contributed by atoms with Crippen LogP contribution in [-0.2, 0) is 6.61 Å². The normalized spacial score (nSPS) is 10.8. The first-order valence-electron chi connectivity index (χ1n) is 6.88. The number of hydrogen-bond acceptors (Lipinski definition) is 4. The monoisotopic (exact) mass is 282 g/mol. The lowest BCUT2D eigenvalue weighted by atomic mass is 10.2. The highest BCUT2D eigenvalue weighted by molar-refractivity contribution is 5.79. The number of aromatic nitrogens is 1. The molecule has 1 aromatic carbocycles. The van der Waals surface area contributed by atoms with Crippen LogP contribution in [0.4, 0.5) is 5.82 Å². The first kappa shape index (κ1) is 13.5. The Labute approximate surface area is 124 Å². The van der Waals surface area contributed by atoms with E-state index in [1.807, 2.05) is 68.4 Å². The SMILES string of the molecule is Cc1cc2cc(OCc3cccc(N(C)C)n3)ccc2o1. The first-order valence-corrected chi connectivity index (χ1v) is 6.88. The average Bonchev–Trinajstić information content (AvgIpc) is 2.84. The molecule has 0 spiro atoms. The molecule has 0 radical (unpaired) electrons. The Morgan fingerprint density at radius 3 is 2.81 bits per heavy atom. The molecule has 3 aromatic rings. The molecule has 4 nitrogen and oxygen atoms in total. The summed E-state index contributed by atoms with van der Waals surface area (Å²) in [6, 6.07) is 13.8. The van der Waals surface area contributed by atoms with Crippen LogP contribution >= 0.6 is 0 Å². The lowest BCUT2D eigenvalue weighted by Crippen LogP contribution is -2.11. The summed E-state index contributed by atoms with van der Waals surface area (Å²) in [5.41, 5.74) is 1.79. The number of fused-ring (bicyclic) bond motifs is 1. The second-order valence-corrected chi connectivity index (χ2v) is 5.23. The number of aryl methyl sites for hydroxylation is 1. The van der Waals surface area contributed by atoms with Crippen molar-refractivity contribution >= 4 is 16.8 Å². The third-order valence-corrected chi connectivity index (χ3v) is 3.25. The molecule has 0 unspecified atom stereocenters. The summed E-state index contributed by atoms with van der Waals surface area (Å²) in [6.45, 7) is 2.39. The van der Waals surface area contributed by atoms with E-state index in [9.17, 15) is 0 Å². The van der Waals surface area contributed by atoms with Crippen molar-refractivity contribution in [2.45, 2.75) is 13.5 Å². The molecule has 2 heterocycles. The van der Waals surface area contributed by atoms with Crippen LogP contribution in [0, 0.1) is 6.92 Å². The molecule has 2 aromatic heterocycles. The second-order valence-electron chi connectivity index (χ2n) is 5.23. The fourth-order valence-electron chi connectivity index (χ4n) is 2.20. The fourth-order valence-corrected chi connectivity index (χ4v) is 2.20. The van der Waals surface area contributed by atoms with Crippen molar-refractivity contribution in [2.75, 3.05) is 19.0 Å². The minimum absolute atomic E-state index is 0.448. The van der Waals surface area contributed by atoms with Crippen LogP contribution in [-0.4, -0.2) is 19.1 Å². The summed E-state index contributed by atoms with van der Waals surface area (Å²) in [6.07, 6.45) is 0. The molecule has 0 aliphatic heterocycles. The summed E-state index contributed by atoms with van der Waals surface area (Å²) in [7, 11) is 3.95. The molecule has 0 saturated carbocycles. The van der Waals surface area contributed by atoms with Crippen LogP contribution < -0.4 is 9.64 Å². The van der Waals surface area contributed by atoms with Crippen molar-refractivity contribution in [3.8, 4) is 5.75 Å². The van der Waals surface area contributed by atoms with Crippen LogP contribution in [0.3, 0.4) is 0 Å². The van der Waals surface area contributed by atoms with Gasteiger partial charge in [-0.25, -0.2) is 4.98 Å².